The van der Waals surface area contributed by atoms with E-state index < -0.39 is 17.4 Å². The maximum atomic E-state index is 12.4. The van der Waals surface area contributed by atoms with Crippen molar-refractivity contribution in [1.29, 1.82) is 0 Å². The van der Waals surface area contributed by atoms with Crippen LogP contribution >= 0.6 is 22.6 Å². The van der Waals surface area contributed by atoms with Gasteiger partial charge in [0.25, 0.3) is 0 Å². The van der Waals surface area contributed by atoms with Crippen molar-refractivity contribution in [2.45, 2.75) is 0 Å². The van der Waals surface area contributed by atoms with Gasteiger partial charge in [-0.2, -0.15) is 0 Å². The van der Waals surface area contributed by atoms with Crippen LogP contribution in [0.5, 0.6) is 0 Å². The predicted octanol–water partition coefficient (Wildman–Crippen LogP) is 1.71. The summed E-state index contributed by atoms with van der Waals surface area (Å²) >= 11 is 2.08. The number of halogens is 1. The number of esters is 2. The summed E-state index contributed by atoms with van der Waals surface area (Å²) in [7, 11) is 2.31. The van der Waals surface area contributed by atoms with Crippen LogP contribution in [-0.4, -0.2) is 31.1 Å². The lowest BCUT2D eigenvalue weighted by molar-refractivity contribution is 0.0549. The number of ether oxygens (including phenoxy) is 2. The van der Waals surface area contributed by atoms with E-state index in [1.807, 2.05) is 0 Å². The highest BCUT2D eigenvalue weighted by molar-refractivity contribution is 14.1. The Balaban J connectivity index is 2.90. The molecule has 0 aliphatic carbocycles. The van der Waals surface area contributed by atoms with Crippen LogP contribution in [0, 0.1) is 3.57 Å². The number of methoxy groups -OCH3 is 2. The van der Waals surface area contributed by atoms with Crippen LogP contribution in [0.4, 0.5) is 0 Å². The lowest BCUT2D eigenvalue weighted by Crippen LogP contribution is -2.24. The minimum Gasteiger partial charge on any atom is -0.465 e. The molecule has 0 unspecified atom stereocenters. The number of fused-ring (bicyclic) bond motifs is 1. The Hall–Kier alpha value is -1.90. The van der Waals surface area contributed by atoms with Crippen molar-refractivity contribution in [3.05, 3.63) is 43.2 Å². The van der Waals surface area contributed by atoms with Gasteiger partial charge in [-0.15, -0.1) is 0 Å². The first kappa shape index (κ1) is 14.5. The third-order valence-electron chi connectivity index (χ3n) is 2.74. The van der Waals surface area contributed by atoms with Gasteiger partial charge in [-0.25, -0.2) is 9.59 Å². The number of aromatic nitrogens is 1. The highest BCUT2D eigenvalue weighted by Crippen LogP contribution is 2.16. The average molecular weight is 387 g/mol. The lowest BCUT2D eigenvalue weighted by atomic mass is 10.1. The van der Waals surface area contributed by atoms with Crippen LogP contribution in [0.25, 0.3) is 10.9 Å². The minimum atomic E-state index is -0.882. The molecule has 1 aromatic heterocycles. The zero-order valence-electron chi connectivity index (χ0n) is 10.7. The summed E-state index contributed by atoms with van der Waals surface area (Å²) in [6.07, 6.45) is 0. The second-order valence-electron chi connectivity index (χ2n) is 3.88. The molecule has 1 heterocycles. The highest BCUT2D eigenvalue weighted by atomic mass is 127. The smallest absolute Gasteiger partial charge is 0.355 e. The molecule has 1 aromatic carbocycles. The summed E-state index contributed by atoms with van der Waals surface area (Å²) in [5.41, 5.74) is -0.677. The number of nitrogens with one attached hydrogen (secondary N) is 1. The molecule has 0 saturated heterocycles. The van der Waals surface area contributed by atoms with E-state index in [1.165, 1.54) is 7.11 Å². The molecule has 0 bridgehead atoms. The number of pyridine rings is 1. The molecule has 0 aliphatic rings. The van der Waals surface area contributed by atoms with Gasteiger partial charge in [-0.3, -0.25) is 4.79 Å². The molecule has 1 N–H and O–H groups in total. The molecule has 0 saturated carbocycles. The van der Waals surface area contributed by atoms with E-state index in [2.05, 4.69) is 37.0 Å². The molecule has 20 heavy (non-hydrogen) atoms. The Morgan fingerprint density at radius 3 is 2.40 bits per heavy atom. The highest BCUT2D eigenvalue weighted by Gasteiger charge is 2.24. The van der Waals surface area contributed by atoms with Crippen molar-refractivity contribution >= 4 is 45.4 Å². The molecule has 7 heteroatoms. The molecule has 104 valence electrons. The van der Waals surface area contributed by atoms with Crippen LogP contribution in [0.1, 0.15) is 20.8 Å². The van der Waals surface area contributed by atoms with Gasteiger partial charge >= 0.3 is 11.9 Å². The van der Waals surface area contributed by atoms with Crippen molar-refractivity contribution in [1.82, 2.24) is 4.98 Å². The van der Waals surface area contributed by atoms with E-state index in [-0.39, 0.29) is 11.3 Å². The number of hydrogen-bond acceptors (Lipinski definition) is 5. The Kier molecular flexibility index (Phi) is 4.07. The van der Waals surface area contributed by atoms with E-state index >= 15 is 0 Å². The Bertz CT molecular complexity index is 765. The summed E-state index contributed by atoms with van der Waals surface area (Å²) in [6.45, 7) is 0. The van der Waals surface area contributed by atoms with Gasteiger partial charge < -0.3 is 14.5 Å². The fourth-order valence-electron chi connectivity index (χ4n) is 1.82. The topological polar surface area (TPSA) is 85.5 Å². The van der Waals surface area contributed by atoms with Crippen LogP contribution in [0.15, 0.2) is 23.0 Å². The van der Waals surface area contributed by atoms with Crippen LogP contribution < -0.4 is 5.43 Å². The molecule has 0 radical (unpaired) electrons. The quantitative estimate of drug-likeness (QED) is 0.627. The first-order valence-corrected chi connectivity index (χ1v) is 6.59. The van der Waals surface area contributed by atoms with Gasteiger partial charge in [0, 0.05) is 8.96 Å². The van der Waals surface area contributed by atoms with Crippen molar-refractivity contribution < 1.29 is 19.1 Å². The Labute approximate surface area is 127 Å². The van der Waals surface area contributed by atoms with Gasteiger partial charge in [0.1, 0.15) is 11.3 Å². The van der Waals surface area contributed by atoms with Crippen molar-refractivity contribution in [3.8, 4) is 0 Å². The first-order chi connectivity index (χ1) is 9.49. The van der Waals surface area contributed by atoms with Gasteiger partial charge in [0.15, 0.2) is 0 Å². The maximum Gasteiger partial charge on any atom is 0.355 e. The molecule has 0 aliphatic heterocycles. The third-order valence-corrected chi connectivity index (χ3v) is 3.41. The fourth-order valence-corrected chi connectivity index (χ4v) is 2.31. The third kappa shape index (κ3) is 2.40. The fraction of sp³-hybridized carbons (Fsp3) is 0.154. The van der Waals surface area contributed by atoms with E-state index in [4.69, 9.17) is 0 Å². The van der Waals surface area contributed by atoms with Gasteiger partial charge in [-0.1, -0.05) is 0 Å². The molecule has 0 amide bonds. The van der Waals surface area contributed by atoms with Crippen molar-refractivity contribution in [2.75, 3.05) is 14.2 Å². The Morgan fingerprint density at radius 1 is 1.15 bits per heavy atom. The SMILES string of the molecule is COC(=O)c1[nH]c2cc(I)ccc2c(=O)c1C(=O)OC. The van der Waals surface area contributed by atoms with Crippen molar-refractivity contribution in [2.24, 2.45) is 0 Å². The largest absolute Gasteiger partial charge is 0.465 e. The standard InChI is InChI=1S/C13H10INO5/c1-19-12(17)9-10(13(18)20-2)15-8-5-6(14)3-4-7(8)11(9)16/h3-5H,1-2H3,(H,15,16). The van der Waals surface area contributed by atoms with Gasteiger partial charge in [0.2, 0.25) is 5.43 Å². The van der Waals surface area contributed by atoms with Crippen LogP contribution in [0.3, 0.4) is 0 Å². The van der Waals surface area contributed by atoms with E-state index in [1.54, 1.807) is 18.2 Å². The number of carbonyl (C=O) groups is 2. The van der Waals surface area contributed by atoms with E-state index in [9.17, 15) is 14.4 Å². The molecule has 2 aromatic rings. The zero-order valence-corrected chi connectivity index (χ0v) is 12.8. The monoisotopic (exact) mass is 387 g/mol. The summed E-state index contributed by atoms with van der Waals surface area (Å²) in [5.74, 6) is -1.68. The van der Waals surface area contributed by atoms with E-state index in [0.717, 1.165) is 10.7 Å². The summed E-state index contributed by atoms with van der Waals surface area (Å²) in [4.78, 5) is 38.6. The number of rotatable bonds is 2. The molecule has 2 rings (SSSR count). The molecule has 6 nitrogen and oxygen atoms in total. The van der Waals surface area contributed by atoms with Gasteiger partial charge in [-0.05, 0) is 40.8 Å². The second kappa shape index (κ2) is 5.61. The molecule has 0 atom stereocenters. The predicted molar refractivity (Wildman–Crippen MR) is 80.0 cm³/mol. The number of carbonyl (C=O) groups excluding carboxylic acids is 2. The summed E-state index contributed by atoms with van der Waals surface area (Å²) in [6, 6.07) is 5.02. The number of benzene rings is 1. The summed E-state index contributed by atoms with van der Waals surface area (Å²) in [5, 5.41) is 0.304. The molecule has 0 spiro atoms. The van der Waals surface area contributed by atoms with Crippen LogP contribution in [-0.2, 0) is 9.47 Å². The average Bonchev–Trinajstić information content (AvgIpc) is 2.45. The molecular weight excluding hydrogens is 377 g/mol. The number of hydrogen-bond donors (Lipinski definition) is 1. The first-order valence-electron chi connectivity index (χ1n) is 5.51. The number of aromatic amines is 1. The maximum absolute atomic E-state index is 12.4. The van der Waals surface area contributed by atoms with Gasteiger partial charge in [0.05, 0.1) is 19.7 Å². The van der Waals surface area contributed by atoms with Crippen molar-refractivity contribution in [3.63, 3.8) is 0 Å². The van der Waals surface area contributed by atoms with Crippen LogP contribution in [0.2, 0.25) is 0 Å². The Morgan fingerprint density at radius 2 is 1.80 bits per heavy atom. The normalized spacial score (nSPS) is 10.3. The minimum absolute atomic E-state index is 0.209. The number of H-pyrrole nitrogens is 1. The molecule has 0 fully saturated rings. The zero-order chi connectivity index (χ0) is 14.9. The molecular formula is C13H10INO5. The summed E-state index contributed by atoms with van der Waals surface area (Å²) < 4.78 is 10.0. The lowest BCUT2D eigenvalue weighted by Gasteiger charge is -2.08. The van der Waals surface area contributed by atoms with E-state index in [0.29, 0.717) is 10.9 Å². The second-order valence-corrected chi connectivity index (χ2v) is 5.12.